The number of pyridine rings is 3. The molecule has 8 rings (SSSR count). The molecule has 222 valence electrons. The van der Waals surface area contributed by atoms with Crippen LogP contribution in [0.3, 0.4) is 0 Å². The number of piperazine rings is 1. The highest BCUT2D eigenvalue weighted by atomic mass is 19.1. The summed E-state index contributed by atoms with van der Waals surface area (Å²) < 4.78 is 20.3. The van der Waals surface area contributed by atoms with Crippen molar-refractivity contribution >= 4 is 27.8 Å². The van der Waals surface area contributed by atoms with Gasteiger partial charge in [-0.15, -0.1) is 0 Å². The highest BCUT2D eigenvalue weighted by Crippen LogP contribution is 2.34. The topological polar surface area (TPSA) is 124 Å². The third-order valence-electron chi connectivity index (χ3n) is 8.35. The van der Waals surface area contributed by atoms with Crippen LogP contribution in [0.2, 0.25) is 0 Å². The van der Waals surface area contributed by atoms with Gasteiger partial charge in [0.25, 0.3) is 0 Å². The molecule has 3 N–H and O–H groups in total. The van der Waals surface area contributed by atoms with Gasteiger partial charge in [0, 0.05) is 93.0 Å². The minimum atomic E-state index is -0.305. The van der Waals surface area contributed by atoms with Crippen LogP contribution < -0.4 is 10.2 Å². The van der Waals surface area contributed by atoms with E-state index in [9.17, 15) is 4.39 Å². The van der Waals surface area contributed by atoms with Crippen molar-refractivity contribution in [3.63, 3.8) is 0 Å². The molecule has 2 fully saturated rings. The minimum Gasteiger partial charge on any atom is -0.378 e. The van der Waals surface area contributed by atoms with Gasteiger partial charge < -0.3 is 19.9 Å². The number of halogens is 1. The summed E-state index contributed by atoms with van der Waals surface area (Å²) >= 11 is 0. The molecule has 2 saturated heterocycles. The summed E-state index contributed by atoms with van der Waals surface area (Å²) in [5, 5.41) is 11.9. The number of aromatic nitrogens is 7. The van der Waals surface area contributed by atoms with E-state index in [-0.39, 0.29) is 5.82 Å². The summed E-state index contributed by atoms with van der Waals surface area (Å²) in [6.07, 6.45) is 9.10. The molecule has 2 aliphatic rings. The first-order valence-electron chi connectivity index (χ1n) is 14.9. The van der Waals surface area contributed by atoms with Gasteiger partial charge in [-0.2, -0.15) is 5.10 Å². The van der Waals surface area contributed by atoms with Gasteiger partial charge in [0.05, 0.1) is 35.8 Å². The molecule has 0 aliphatic carbocycles. The molecule has 0 amide bonds. The number of H-pyrrole nitrogens is 2. The van der Waals surface area contributed by atoms with Crippen molar-refractivity contribution in [1.29, 1.82) is 0 Å². The lowest BCUT2D eigenvalue weighted by Gasteiger charge is -2.29. The molecular formula is C32H31FN10O. The number of rotatable bonds is 6. The van der Waals surface area contributed by atoms with Crippen molar-refractivity contribution in [2.75, 3.05) is 57.4 Å². The lowest BCUT2D eigenvalue weighted by molar-refractivity contribution is 0.122. The Morgan fingerprint density at radius 3 is 2.57 bits per heavy atom. The van der Waals surface area contributed by atoms with Gasteiger partial charge in [-0.1, -0.05) is 0 Å². The number of hydrogen-bond donors (Lipinski definition) is 3. The molecule has 44 heavy (non-hydrogen) atoms. The largest absolute Gasteiger partial charge is 0.378 e. The zero-order valence-corrected chi connectivity index (χ0v) is 24.1. The molecule has 0 spiro atoms. The Labute approximate surface area is 252 Å². The van der Waals surface area contributed by atoms with Crippen LogP contribution in [0, 0.1) is 5.82 Å². The number of aromatic amines is 2. The van der Waals surface area contributed by atoms with E-state index in [4.69, 9.17) is 9.72 Å². The predicted octanol–water partition coefficient (Wildman–Crippen LogP) is 4.01. The zero-order valence-electron chi connectivity index (χ0n) is 24.1. The Morgan fingerprint density at radius 1 is 0.841 bits per heavy atom. The van der Waals surface area contributed by atoms with Gasteiger partial charge in [-0.25, -0.2) is 14.4 Å². The van der Waals surface area contributed by atoms with Crippen molar-refractivity contribution in [3.05, 3.63) is 72.7 Å². The van der Waals surface area contributed by atoms with E-state index in [2.05, 4.69) is 57.4 Å². The molecule has 6 aromatic rings. The summed E-state index contributed by atoms with van der Waals surface area (Å²) in [6.45, 7) is 7.62. The standard InChI is InChI=1S/C32H31FN10O/c33-24-10-21(11-25(13-24)43-5-7-44-8-6-43)27-17-36-18-28-29(27)39-32(38-28)30-26-12-23(16-37-31(26)41-40-30)22-9-20(14-35-15-22)19-42-3-1-34-2-4-42/h9-18,34H,1-8,19H2,(H,38,39)(H,37,40,41). The number of ether oxygens (including phenoxy) is 1. The number of hydrogen-bond acceptors (Lipinski definition) is 9. The maximum atomic E-state index is 14.9. The smallest absolute Gasteiger partial charge is 0.159 e. The molecule has 2 aliphatic heterocycles. The van der Waals surface area contributed by atoms with E-state index in [1.165, 1.54) is 11.6 Å². The molecule has 7 heterocycles. The second kappa shape index (κ2) is 11.4. The van der Waals surface area contributed by atoms with Crippen molar-refractivity contribution < 1.29 is 9.13 Å². The number of nitrogens with one attached hydrogen (secondary N) is 3. The summed E-state index contributed by atoms with van der Waals surface area (Å²) in [5.41, 5.74) is 8.13. The number of benzene rings is 1. The first-order valence-corrected chi connectivity index (χ1v) is 14.9. The van der Waals surface area contributed by atoms with Crippen molar-refractivity contribution in [2.45, 2.75) is 6.54 Å². The van der Waals surface area contributed by atoms with Gasteiger partial charge >= 0.3 is 0 Å². The predicted molar refractivity (Wildman–Crippen MR) is 167 cm³/mol. The summed E-state index contributed by atoms with van der Waals surface area (Å²) in [5.74, 6) is 0.273. The fourth-order valence-corrected chi connectivity index (χ4v) is 6.09. The quantitative estimate of drug-likeness (QED) is 0.264. The van der Waals surface area contributed by atoms with Crippen LogP contribution in [0.1, 0.15) is 5.56 Å². The third-order valence-corrected chi connectivity index (χ3v) is 8.35. The lowest BCUT2D eigenvalue weighted by Crippen LogP contribution is -2.42. The van der Waals surface area contributed by atoms with E-state index in [1.54, 1.807) is 18.5 Å². The Balaban J connectivity index is 1.14. The number of anilines is 1. The molecule has 0 atom stereocenters. The highest BCUT2D eigenvalue weighted by molar-refractivity contribution is 5.97. The fourth-order valence-electron chi connectivity index (χ4n) is 6.09. The van der Waals surface area contributed by atoms with Gasteiger partial charge in [0.1, 0.15) is 11.5 Å². The van der Waals surface area contributed by atoms with E-state index < -0.39 is 0 Å². The second-order valence-corrected chi connectivity index (χ2v) is 11.3. The first kappa shape index (κ1) is 26.8. The molecule has 0 bridgehead atoms. The van der Waals surface area contributed by atoms with Crippen molar-refractivity contribution in [3.8, 4) is 33.8 Å². The average molecular weight is 591 g/mol. The minimum absolute atomic E-state index is 0.305. The molecular weight excluding hydrogens is 559 g/mol. The van der Waals surface area contributed by atoms with Crippen LogP contribution in [0.25, 0.3) is 55.8 Å². The van der Waals surface area contributed by atoms with E-state index in [0.29, 0.717) is 41.5 Å². The maximum absolute atomic E-state index is 14.9. The second-order valence-electron chi connectivity index (χ2n) is 11.3. The Bertz CT molecular complexity index is 1960. The average Bonchev–Trinajstić information content (AvgIpc) is 3.69. The maximum Gasteiger partial charge on any atom is 0.159 e. The highest BCUT2D eigenvalue weighted by Gasteiger charge is 2.19. The van der Waals surface area contributed by atoms with Crippen LogP contribution in [-0.4, -0.2) is 92.5 Å². The van der Waals surface area contributed by atoms with Crippen LogP contribution in [0.5, 0.6) is 0 Å². The van der Waals surface area contributed by atoms with Gasteiger partial charge in [0.15, 0.2) is 11.5 Å². The summed E-state index contributed by atoms with van der Waals surface area (Å²) in [4.78, 5) is 26.5. The molecule has 1 aromatic carbocycles. The SMILES string of the molecule is Fc1cc(-c2cncc3[nH]c(-c4n[nH]c5ncc(-c6cncc(CN7CCNCC7)c6)cc45)nc23)cc(N2CCOCC2)c1. The molecule has 0 radical (unpaired) electrons. The molecule has 0 saturated carbocycles. The van der Waals surface area contributed by atoms with Crippen LogP contribution in [0.4, 0.5) is 10.1 Å². The molecule has 12 heteroatoms. The number of fused-ring (bicyclic) bond motifs is 2. The van der Waals surface area contributed by atoms with E-state index >= 15 is 0 Å². The summed E-state index contributed by atoms with van der Waals surface area (Å²) in [7, 11) is 0. The van der Waals surface area contributed by atoms with Gasteiger partial charge in [0.2, 0.25) is 0 Å². The van der Waals surface area contributed by atoms with Crippen LogP contribution in [0.15, 0.2) is 61.3 Å². The van der Waals surface area contributed by atoms with E-state index in [0.717, 1.165) is 79.1 Å². The van der Waals surface area contributed by atoms with Crippen molar-refractivity contribution in [1.82, 2.24) is 45.3 Å². The molecule has 11 nitrogen and oxygen atoms in total. The summed E-state index contributed by atoms with van der Waals surface area (Å²) in [6, 6.07) is 9.33. The zero-order chi connectivity index (χ0) is 29.5. The van der Waals surface area contributed by atoms with Crippen LogP contribution >= 0.6 is 0 Å². The molecule has 0 unspecified atom stereocenters. The third kappa shape index (κ3) is 5.17. The first-order chi connectivity index (χ1) is 21.7. The lowest BCUT2D eigenvalue weighted by atomic mass is 10.0. The normalized spacial score (nSPS) is 16.2. The van der Waals surface area contributed by atoms with Crippen molar-refractivity contribution in [2.24, 2.45) is 0 Å². The monoisotopic (exact) mass is 590 g/mol. The number of imidazole rings is 1. The molecule has 5 aromatic heterocycles. The Kier molecular flexibility index (Phi) is 6.93. The Morgan fingerprint density at radius 2 is 1.68 bits per heavy atom. The van der Waals surface area contributed by atoms with Gasteiger partial charge in [-0.3, -0.25) is 20.0 Å². The Hall–Kier alpha value is -4.78. The van der Waals surface area contributed by atoms with Gasteiger partial charge in [-0.05, 0) is 41.5 Å². The number of morpholine rings is 1. The van der Waals surface area contributed by atoms with Crippen LogP contribution in [-0.2, 0) is 11.3 Å². The number of nitrogens with zero attached hydrogens (tertiary/aromatic N) is 7. The fraction of sp³-hybridized carbons (Fsp3) is 0.281. The van der Waals surface area contributed by atoms with E-state index in [1.807, 2.05) is 24.7 Å².